The van der Waals surface area contributed by atoms with Gasteiger partial charge in [-0.3, -0.25) is 0 Å². The Labute approximate surface area is 171 Å². The molecule has 0 bridgehead atoms. The van der Waals surface area contributed by atoms with Gasteiger partial charge in [0.2, 0.25) is 0 Å². The maximum Gasteiger partial charge on any atom is 0.277 e. The summed E-state index contributed by atoms with van der Waals surface area (Å²) in [5.74, 6) is 1.26. The second-order valence-electron chi connectivity index (χ2n) is 7.35. The minimum atomic E-state index is 0.163. The number of halogens is 1. The van der Waals surface area contributed by atoms with E-state index in [1.807, 2.05) is 24.3 Å². The van der Waals surface area contributed by atoms with Crippen molar-refractivity contribution in [3.05, 3.63) is 64.7 Å². The van der Waals surface area contributed by atoms with Gasteiger partial charge >= 0.3 is 0 Å². The van der Waals surface area contributed by atoms with E-state index in [0.29, 0.717) is 16.1 Å². The van der Waals surface area contributed by atoms with Gasteiger partial charge in [-0.15, -0.1) is 21.5 Å². The molecule has 3 nitrogen and oxygen atoms in total. The van der Waals surface area contributed by atoms with Gasteiger partial charge in [0.05, 0.1) is 5.02 Å². The summed E-state index contributed by atoms with van der Waals surface area (Å²) in [5.41, 5.74) is 2.72. The van der Waals surface area contributed by atoms with Crippen LogP contribution < -0.4 is 0 Å². The molecule has 0 aliphatic heterocycles. The van der Waals surface area contributed by atoms with Gasteiger partial charge in [0.25, 0.3) is 11.1 Å². The Morgan fingerprint density at radius 1 is 1.04 bits per heavy atom. The largest absolute Gasteiger partial charge is 0.410 e. The SMILES string of the molecule is CC(C)(C)c1ccc(CSc2nnc(-c3sc4ccccc4c3Cl)o2)cc1. The third-order valence-corrected chi connectivity index (χ3v) is 6.87. The van der Waals surface area contributed by atoms with Crippen LogP contribution in [0.3, 0.4) is 0 Å². The Morgan fingerprint density at radius 2 is 1.78 bits per heavy atom. The summed E-state index contributed by atoms with van der Waals surface area (Å²) in [6, 6.07) is 16.7. The average Bonchev–Trinajstić information content (AvgIpc) is 3.25. The Morgan fingerprint density at radius 3 is 2.48 bits per heavy atom. The van der Waals surface area contributed by atoms with Gasteiger partial charge in [-0.25, -0.2) is 0 Å². The first-order valence-corrected chi connectivity index (χ1v) is 10.8. The fraction of sp³-hybridized carbons (Fsp3) is 0.238. The maximum atomic E-state index is 6.50. The van der Waals surface area contributed by atoms with Crippen LogP contribution in [0.2, 0.25) is 5.02 Å². The second-order valence-corrected chi connectivity index (χ2v) is 9.71. The standard InChI is InChI=1S/C21H19ClN2OS2/c1-21(2,3)14-10-8-13(9-11-14)12-26-20-24-23-19(25-20)18-17(22)15-6-4-5-7-16(15)27-18/h4-11H,12H2,1-3H3. The van der Waals surface area contributed by atoms with Gasteiger partial charge in [-0.1, -0.05) is 86.6 Å². The normalized spacial score (nSPS) is 12.0. The summed E-state index contributed by atoms with van der Waals surface area (Å²) >= 11 is 9.61. The maximum absolute atomic E-state index is 6.50. The van der Waals surface area contributed by atoms with Crippen LogP contribution in [0.4, 0.5) is 0 Å². The quantitative estimate of drug-likeness (QED) is 0.331. The van der Waals surface area contributed by atoms with Gasteiger partial charge in [-0.05, 0) is 22.6 Å². The molecular formula is C21H19ClN2OS2. The van der Waals surface area contributed by atoms with E-state index in [2.05, 4.69) is 55.2 Å². The topological polar surface area (TPSA) is 38.9 Å². The highest BCUT2D eigenvalue weighted by atomic mass is 35.5. The lowest BCUT2D eigenvalue weighted by Gasteiger charge is -2.19. The van der Waals surface area contributed by atoms with Gasteiger partial charge in [0.15, 0.2) is 0 Å². The van der Waals surface area contributed by atoms with E-state index in [-0.39, 0.29) is 5.41 Å². The zero-order valence-electron chi connectivity index (χ0n) is 15.3. The minimum absolute atomic E-state index is 0.163. The first-order valence-electron chi connectivity index (χ1n) is 8.65. The van der Waals surface area contributed by atoms with Crippen molar-refractivity contribution in [2.24, 2.45) is 0 Å². The Kier molecular flexibility index (Phi) is 5.01. The van der Waals surface area contributed by atoms with Crippen LogP contribution in [-0.2, 0) is 11.2 Å². The van der Waals surface area contributed by atoms with Crippen LogP contribution in [0.25, 0.3) is 20.9 Å². The molecule has 4 rings (SSSR count). The zero-order valence-corrected chi connectivity index (χ0v) is 17.7. The summed E-state index contributed by atoms with van der Waals surface area (Å²) in [4.78, 5) is 0.826. The van der Waals surface area contributed by atoms with Crippen molar-refractivity contribution in [1.29, 1.82) is 0 Å². The zero-order chi connectivity index (χ0) is 19.0. The molecule has 0 unspecified atom stereocenters. The molecule has 2 aromatic carbocycles. The molecular weight excluding hydrogens is 396 g/mol. The van der Waals surface area contributed by atoms with Crippen molar-refractivity contribution in [3.8, 4) is 10.8 Å². The molecule has 0 aliphatic carbocycles. The molecule has 2 heterocycles. The highest BCUT2D eigenvalue weighted by Gasteiger charge is 2.18. The fourth-order valence-electron chi connectivity index (χ4n) is 2.76. The van der Waals surface area contributed by atoms with E-state index < -0.39 is 0 Å². The second kappa shape index (κ2) is 7.30. The van der Waals surface area contributed by atoms with Gasteiger partial charge in [0.1, 0.15) is 4.88 Å². The van der Waals surface area contributed by atoms with Crippen molar-refractivity contribution in [2.75, 3.05) is 0 Å². The average molecular weight is 415 g/mol. The Balaban J connectivity index is 1.49. The molecule has 0 fully saturated rings. The van der Waals surface area contributed by atoms with Gasteiger partial charge < -0.3 is 4.42 Å². The lowest BCUT2D eigenvalue weighted by atomic mass is 9.87. The molecule has 0 saturated heterocycles. The number of hydrogen-bond donors (Lipinski definition) is 0. The molecule has 0 N–H and O–H groups in total. The number of rotatable bonds is 4. The van der Waals surface area contributed by atoms with E-state index in [1.165, 1.54) is 22.9 Å². The molecule has 138 valence electrons. The monoisotopic (exact) mass is 414 g/mol. The van der Waals surface area contributed by atoms with Crippen molar-refractivity contribution in [2.45, 2.75) is 37.2 Å². The molecule has 0 radical (unpaired) electrons. The highest BCUT2D eigenvalue weighted by molar-refractivity contribution is 7.98. The molecule has 0 amide bonds. The van der Waals surface area contributed by atoms with Crippen molar-refractivity contribution in [3.63, 3.8) is 0 Å². The van der Waals surface area contributed by atoms with Crippen LogP contribution >= 0.6 is 34.7 Å². The third-order valence-electron chi connectivity index (χ3n) is 4.32. The van der Waals surface area contributed by atoms with E-state index in [1.54, 1.807) is 11.3 Å². The van der Waals surface area contributed by atoms with Crippen LogP contribution in [0, 0.1) is 0 Å². The van der Waals surface area contributed by atoms with Crippen molar-refractivity contribution in [1.82, 2.24) is 10.2 Å². The molecule has 2 aromatic heterocycles. The van der Waals surface area contributed by atoms with E-state index in [0.717, 1.165) is 20.7 Å². The van der Waals surface area contributed by atoms with Crippen LogP contribution in [0.1, 0.15) is 31.9 Å². The van der Waals surface area contributed by atoms with E-state index in [4.69, 9.17) is 16.0 Å². The van der Waals surface area contributed by atoms with Crippen LogP contribution in [0.5, 0.6) is 0 Å². The lowest BCUT2D eigenvalue weighted by molar-refractivity contribution is 0.467. The Bertz CT molecular complexity index is 1080. The smallest absolute Gasteiger partial charge is 0.277 e. The summed E-state index contributed by atoms with van der Waals surface area (Å²) in [5, 5.41) is 10.6. The number of benzene rings is 2. The predicted octanol–water partition coefficient (Wildman–Crippen LogP) is 7.19. The summed E-state index contributed by atoms with van der Waals surface area (Å²) in [6.45, 7) is 6.65. The van der Waals surface area contributed by atoms with Gasteiger partial charge in [-0.2, -0.15) is 0 Å². The van der Waals surface area contributed by atoms with E-state index in [9.17, 15) is 0 Å². The highest BCUT2D eigenvalue weighted by Crippen LogP contribution is 2.41. The van der Waals surface area contributed by atoms with Crippen molar-refractivity contribution < 1.29 is 4.42 Å². The first-order chi connectivity index (χ1) is 12.9. The molecule has 0 spiro atoms. The molecule has 0 aliphatic rings. The number of fused-ring (bicyclic) bond motifs is 1. The van der Waals surface area contributed by atoms with Crippen LogP contribution in [-0.4, -0.2) is 10.2 Å². The summed E-state index contributed by atoms with van der Waals surface area (Å²) in [7, 11) is 0. The number of nitrogens with zero attached hydrogens (tertiary/aromatic N) is 2. The predicted molar refractivity (Wildman–Crippen MR) is 115 cm³/mol. The van der Waals surface area contributed by atoms with E-state index >= 15 is 0 Å². The third kappa shape index (κ3) is 3.91. The fourth-order valence-corrected chi connectivity index (χ4v) is 4.91. The number of aromatic nitrogens is 2. The minimum Gasteiger partial charge on any atom is -0.410 e. The van der Waals surface area contributed by atoms with Crippen LogP contribution in [0.15, 0.2) is 58.2 Å². The Hall–Kier alpha value is -1.82. The molecule has 27 heavy (non-hydrogen) atoms. The number of hydrogen-bond acceptors (Lipinski definition) is 5. The molecule has 0 atom stereocenters. The molecule has 0 saturated carbocycles. The van der Waals surface area contributed by atoms with Crippen molar-refractivity contribution >= 4 is 44.8 Å². The molecule has 4 aromatic rings. The summed E-state index contributed by atoms with van der Waals surface area (Å²) < 4.78 is 6.96. The number of thioether (sulfide) groups is 1. The number of thiophene rings is 1. The lowest BCUT2D eigenvalue weighted by Crippen LogP contribution is -2.10. The van der Waals surface area contributed by atoms with Gasteiger partial charge in [0, 0.05) is 15.8 Å². The first kappa shape index (κ1) is 18.5. The summed E-state index contributed by atoms with van der Waals surface area (Å²) in [6.07, 6.45) is 0. The molecule has 6 heteroatoms.